The highest BCUT2D eigenvalue weighted by molar-refractivity contribution is 5.83. The van der Waals surface area contributed by atoms with E-state index in [9.17, 15) is 4.79 Å². The lowest BCUT2D eigenvalue weighted by molar-refractivity contribution is -0.122. The van der Waals surface area contributed by atoms with E-state index in [1.807, 2.05) is 20.8 Å². The van der Waals surface area contributed by atoms with Crippen molar-refractivity contribution >= 4 is 5.91 Å². The van der Waals surface area contributed by atoms with E-state index >= 15 is 0 Å². The molecule has 4 heteroatoms. The van der Waals surface area contributed by atoms with Crippen molar-refractivity contribution in [2.24, 2.45) is 11.5 Å². The minimum absolute atomic E-state index is 0.141. The van der Waals surface area contributed by atoms with Gasteiger partial charge in [0.05, 0.1) is 11.1 Å². The van der Waals surface area contributed by atoms with Gasteiger partial charge in [0, 0.05) is 6.61 Å². The Bertz CT molecular complexity index is 195. The third kappa shape index (κ3) is 5.94. The molecule has 0 saturated carbocycles. The molecule has 0 radical (unpaired) electrons. The van der Waals surface area contributed by atoms with Crippen molar-refractivity contribution in [2.45, 2.75) is 51.7 Å². The summed E-state index contributed by atoms with van der Waals surface area (Å²) >= 11 is 0. The molecule has 0 aliphatic carbocycles. The van der Waals surface area contributed by atoms with Crippen molar-refractivity contribution in [1.82, 2.24) is 0 Å². The highest BCUT2D eigenvalue weighted by atomic mass is 16.5. The summed E-state index contributed by atoms with van der Waals surface area (Å²) in [6.07, 6.45) is 1.30. The minimum atomic E-state index is -0.915. The molecule has 4 nitrogen and oxygen atoms in total. The van der Waals surface area contributed by atoms with Crippen LogP contribution in [0.2, 0.25) is 0 Å². The van der Waals surface area contributed by atoms with Crippen molar-refractivity contribution in [1.29, 1.82) is 0 Å². The van der Waals surface area contributed by atoms with E-state index in [1.54, 1.807) is 6.92 Å². The van der Waals surface area contributed by atoms with Gasteiger partial charge in [0.1, 0.15) is 0 Å². The fraction of sp³-hybridized carbons (Fsp3) is 0.900. The lowest BCUT2D eigenvalue weighted by Crippen LogP contribution is -2.49. The van der Waals surface area contributed by atoms with Gasteiger partial charge >= 0.3 is 0 Å². The SMILES string of the molecule is CC(C)(C)OCCCC(C)(N)C(N)=O. The second-order valence-electron chi connectivity index (χ2n) is 4.85. The third-order valence-electron chi connectivity index (χ3n) is 1.94. The van der Waals surface area contributed by atoms with Crippen LogP contribution in [0, 0.1) is 0 Å². The summed E-state index contributed by atoms with van der Waals surface area (Å²) in [5.41, 5.74) is 9.76. The Kier molecular flexibility index (Phi) is 4.55. The predicted octanol–water partition coefficient (Wildman–Crippen LogP) is 0.784. The Labute approximate surface area is 86.0 Å². The normalized spacial score (nSPS) is 16.4. The van der Waals surface area contributed by atoms with Gasteiger partial charge in [0.2, 0.25) is 5.91 Å². The average Bonchev–Trinajstić information content (AvgIpc) is 1.96. The molecule has 84 valence electrons. The fourth-order valence-corrected chi connectivity index (χ4v) is 0.941. The lowest BCUT2D eigenvalue weighted by Gasteiger charge is -2.23. The molecular formula is C10H22N2O2. The topological polar surface area (TPSA) is 78.3 Å². The molecule has 0 bridgehead atoms. The Morgan fingerprint density at radius 3 is 2.14 bits per heavy atom. The van der Waals surface area contributed by atoms with Gasteiger partial charge in [-0.1, -0.05) is 0 Å². The molecule has 0 aromatic carbocycles. The second kappa shape index (κ2) is 4.75. The van der Waals surface area contributed by atoms with Gasteiger partial charge < -0.3 is 16.2 Å². The molecule has 0 spiro atoms. The smallest absolute Gasteiger partial charge is 0.237 e. The number of carbonyl (C=O) groups excluding carboxylic acids is 1. The molecule has 4 N–H and O–H groups in total. The first kappa shape index (κ1) is 13.4. The molecule has 0 rings (SSSR count). The van der Waals surface area contributed by atoms with E-state index < -0.39 is 11.4 Å². The molecule has 0 aromatic rings. The van der Waals surface area contributed by atoms with Crippen LogP contribution in [0.5, 0.6) is 0 Å². The monoisotopic (exact) mass is 202 g/mol. The van der Waals surface area contributed by atoms with Crippen LogP contribution >= 0.6 is 0 Å². The van der Waals surface area contributed by atoms with Gasteiger partial charge in [-0.05, 0) is 40.5 Å². The Hall–Kier alpha value is -0.610. The maximum Gasteiger partial charge on any atom is 0.237 e. The molecule has 0 aliphatic rings. The van der Waals surface area contributed by atoms with Crippen LogP contribution in [0.1, 0.15) is 40.5 Å². The quantitative estimate of drug-likeness (QED) is 0.647. The molecule has 0 aliphatic heterocycles. The van der Waals surface area contributed by atoms with E-state index in [2.05, 4.69) is 0 Å². The summed E-state index contributed by atoms with van der Waals surface area (Å²) < 4.78 is 5.50. The number of carbonyl (C=O) groups is 1. The number of hydrogen-bond acceptors (Lipinski definition) is 3. The van der Waals surface area contributed by atoms with Crippen LogP contribution in [0.25, 0.3) is 0 Å². The zero-order valence-corrected chi connectivity index (χ0v) is 9.59. The van der Waals surface area contributed by atoms with Gasteiger partial charge in [-0.15, -0.1) is 0 Å². The van der Waals surface area contributed by atoms with E-state index in [0.29, 0.717) is 13.0 Å². The average molecular weight is 202 g/mol. The minimum Gasteiger partial charge on any atom is -0.376 e. The van der Waals surface area contributed by atoms with Crippen molar-refractivity contribution in [2.75, 3.05) is 6.61 Å². The van der Waals surface area contributed by atoms with Gasteiger partial charge in [-0.3, -0.25) is 4.79 Å². The van der Waals surface area contributed by atoms with Gasteiger partial charge in [0.15, 0.2) is 0 Å². The molecule has 0 heterocycles. The largest absolute Gasteiger partial charge is 0.376 e. The third-order valence-corrected chi connectivity index (χ3v) is 1.94. The van der Waals surface area contributed by atoms with Gasteiger partial charge in [-0.25, -0.2) is 0 Å². The van der Waals surface area contributed by atoms with E-state index in [1.165, 1.54) is 0 Å². The Morgan fingerprint density at radius 1 is 1.29 bits per heavy atom. The summed E-state index contributed by atoms with van der Waals surface area (Å²) in [5.74, 6) is -0.465. The van der Waals surface area contributed by atoms with E-state index in [4.69, 9.17) is 16.2 Å². The Balaban J connectivity index is 3.70. The van der Waals surface area contributed by atoms with Crippen LogP contribution in [0.3, 0.4) is 0 Å². The molecular weight excluding hydrogens is 180 g/mol. The number of amides is 1. The fourth-order valence-electron chi connectivity index (χ4n) is 0.941. The molecule has 0 saturated heterocycles. The van der Waals surface area contributed by atoms with Crippen LogP contribution < -0.4 is 11.5 Å². The first-order valence-electron chi connectivity index (χ1n) is 4.88. The molecule has 1 atom stereocenters. The number of nitrogens with two attached hydrogens (primary N) is 2. The molecule has 1 unspecified atom stereocenters. The maximum absolute atomic E-state index is 10.9. The van der Waals surface area contributed by atoms with Crippen molar-refractivity contribution in [3.05, 3.63) is 0 Å². The van der Waals surface area contributed by atoms with Crippen LogP contribution in [0.15, 0.2) is 0 Å². The lowest BCUT2D eigenvalue weighted by atomic mass is 9.97. The Morgan fingerprint density at radius 2 is 1.79 bits per heavy atom. The molecule has 1 amide bonds. The summed E-state index contributed by atoms with van der Waals surface area (Å²) in [6.45, 7) is 8.21. The van der Waals surface area contributed by atoms with Crippen molar-refractivity contribution in [3.8, 4) is 0 Å². The number of ether oxygens (including phenoxy) is 1. The maximum atomic E-state index is 10.9. The van der Waals surface area contributed by atoms with Gasteiger partial charge in [-0.2, -0.15) is 0 Å². The van der Waals surface area contributed by atoms with Crippen molar-refractivity contribution < 1.29 is 9.53 Å². The summed E-state index contributed by atoms with van der Waals surface area (Å²) in [7, 11) is 0. The number of primary amides is 1. The molecule has 0 fully saturated rings. The molecule has 0 aromatic heterocycles. The van der Waals surface area contributed by atoms with Crippen LogP contribution in [-0.4, -0.2) is 23.7 Å². The van der Waals surface area contributed by atoms with E-state index in [-0.39, 0.29) is 5.60 Å². The van der Waals surface area contributed by atoms with Crippen molar-refractivity contribution in [3.63, 3.8) is 0 Å². The standard InChI is InChI=1S/C10H22N2O2/c1-9(2,3)14-7-5-6-10(4,12)8(11)13/h5-7,12H2,1-4H3,(H2,11,13). The second-order valence-corrected chi connectivity index (χ2v) is 4.85. The number of rotatable bonds is 5. The van der Waals surface area contributed by atoms with Crippen LogP contribution in [0.4, 0.5) is 0 Å². The van der Waals surface area contributed by atoms with E-state index in [0.717, 1.165) is 6.42 Å². The highest BCUT2D eigenvalue weighted by Gasteiger charge is 2.24. The predicted molar refractivity (Wildman–Crippen MR) is 56.7 cm³/mol. The van der Waals surface area contributed by atoms with Crippen LogP contribution in [-0.2, 0) is 9.53 Å². The highest BCUT2D eigenvalue weighted by Crippen LogP contribution is 2.11. The summed E-state index contributed by atoms with van der Waals surface area (Å²) in [6, 6.07) is 0. The summed E-state index contributed by atoms with van der Waals surface area (Å²) in [5, 5.41) is 0. The first-order chi connectivity index (χ1) is 6.15. The summed E-state index contributed by atoms with van der Waals surface area (Å²) in [4.78, 5) is 10.9. The van der Waals surface area contributed by atoms with Gasteiger partial charge in [0.25, 0.3) is 0 Å². The number of hydrogen-bond donors (Lipinski definition) is 2. The molecule has 14 heavy (non-hydrogen) atoms. The zero-order chi connectivity index (χ0) is 11.4. The zero-order valence-electron chi connectivity index (χ0n) is 9.59. The first-order valence-corrected chi connectivity index (χ1v) is 4.88.